The van der Waals surface area contributed by atoms with Gasteiger partial charge < -0.3 is 9.30 Å². The predicted molar refractivity (Wildman–Crippen MR) is 74.5 cm³/mol. The lowest BCUT2D eigenvalue weighted by atomic mass is 10.1. The summed E-state index contributed by atoms with van der Waals surface area (Å²) < 4.78 is 6.55. The van der Waals surface area contributed by atoms with Crippen LogP contribution in [-0.4, -0.2) is 22.1 Å². The molecule has 0 unspecified atom stereocenters. The van der Waals surface area contributed by atoms with E-state index in [1.807, 2.05) is 35.9 Å². The lowest BCUT2D eigenvalue weighted by molar-refractivity contribution is -0.419. The first kappa shape index (κ1) is 13.8. The van der Waals surface area contributed by atoms with Crippen molar-refractivity contribution in [1.29, 1.82) is 0 Å². The third kappa shape index (κ3) is 2.54. The number of hydrogen-bond acceptors (Lipinski definition) is 4. The molecule has 0 bridgehead atoms. The first-order valence-electron chi connectivity index (χ1n) is 6.12. The number of para-hydroxylation sites is 1. The number of benzene rings is 1. The number of nitrogens with zero attached hydrogens (tertiary/aromatic N) is 2. The van der Waals surface area contributed by atoms with E-state index in [4.69, 9.17) is 4.74 Å². The fraction of sp³-hybridized carbons (Fsp3) is 0.214. The fourth-order valence-corrected chi connectivity index (χ4v) is 2.03. The zero-order chi connectivity index (χ0) is 14.7. The van der Waals surface area contributed by atoms with Gasteiger partial charge in [0.05, 0.1) is 11.5 Å². The molecule has 0 radical (unpaired) electrons. The summed E-state index contributed by atoms with van der Waals surface area (Å²) in [6, 6.07) is 7.48. The monoisotopic (exact) mass is 274 g/mol. The average molecular weight is 274 g/mol. The van der Waals surface area contributed by atoms with Crippen LogP contribution in [-0.2, 0) is 16.6 Å². The molecule has 1 heterocycles. The highest BCUT2D eigenvalue weighted by Gasteiger charge is 2.24. The van der Waals surface area contributed by atoms with Crippen molar-refractivity contribution in [3.63, 3.8) is 0 Å². The second-order valence-corrected chi connectivity index (χ2v) is 4.22. The Kier molecular flexibility index (Phi) is 3.84. The van der Waals surface area contributed by atoms with Crippen LogP contribution in [0.25, 0.3) is 17.0 Å². The second kappa shape index (κ2) is 5.56. The van der Waals surface area contributed by atoms with Crippen LogP contribution in [0.2, 0.25) is 0 Å². The summed E-state index contributed by atoms with van der Waals surface area (Å²) in [5.74, 6) is -0.926. The van der Waals surface area contributed by atoms with E-state index in [2.05, 4.69) is 0 Å². The van der Waals surface area contributed by atoms with Gasteiger partial charge in [0.25, 0.3) is 0 Å². The maximum absolute atomic E-state index is 11.6. The van der Waals surface area contributed by atoms with Gasteiger partial charge in [-0.2, -0.15) is 0 Å². The molecule has 0 aliphatic carbocycles. The zero-order valence-electron chi connectivity index (χ0n) is 11.2. The summed E-state index contributed by atoms with van der Waals surface area (Å²) in [6.45, 7) is 1.70. The van der Waals surface area contributed by atoms with Crippen LogP contribution >= 0.6 is 0 Å². The largest absolute Gasteiger partial charge is 0.458 e. The van der Waals surface area contributed by atoms with Gasteiger partial charge in [-0.1, -0.05) is 18.2 Å². The molecule has 1 aromatic heterocycles. The molecule has 0 atom stereocenters. The van der Waals surface area contributed by atoms with E-state index in [0.29, 0.717) is 5.56 Å². The minimum absolute atomic E-state index is 0.0968. The highest BCUT2D eigenvalue weighted by Crippen LogP contribution is 2.23. The van der Waals surface area contributed by atoms with Gasteiger partial charge in [-0.15, -0.1) is 0 Å². The topological polar surface area (TPSA) is 74.4 Å². The number of nitro groups is 1. The standard InChI is InChI=1S/C14H14N2O4/c1-3-20-14(17)13(16(18)19)8-10-9-15(2)12-7-5-4-6-11(10)12/h4-9H,3H2,1-2H3. The molecule has 6 nitrogen and oxygen atoms in total. The molecule has 1 aromatic carbocycles. The van der Waals surface area contributed by atoms with Crippen molar-refractivity contribution >= 4 is 22.9 Å². The van der Waals surface area contributed by atoms with Gasteiger partial charge >= 0.3 is 11.7 Å². The van der Waals surface area contributed by atoms with Crippen LogP contribution in [0.3, 0.4) is 0 Å². The summed E-state index contributed by atoms with van der Waals surface area (Å²) in [4.78, 5) is 21.9. The molecule has 6 heteroatoms. The van der Waals surface area contributed by atoms with Crippen LogP contribution in [0.5, 0.6) is 0 Å². The average Bonchev–Trinajstić information content (AvgIpc) is 2.73. The van der Waals surface area contributed by atoms with Crippen molar-refractivity contribution in [2.75, 3.05) is 6.61 Å². The number of esters is 1. The minimum atomic E-state index is -0.926. The van der Waals surface area contributed by atoms with Crippen LogP contribution in [0.4, 0.5) is 0 Å². The van der Waals surface area contributed by atoms with Crippen molar-refractivity contribution in [3.05, 3.63) is 51.8 Å². The number of carbonyl (C=O) groups is 1. The molecule has 0 saturated heterocycles. The Labute approximate surface area is 115 Å². The van der Waals surface area contributed by atoms with E-state index in [9.17, 15) is 14.9 Å². The Hall–Kier alpha value is -2.63. The van der Waals surface area contributed by atoms with Crippen molar-refractivity contribution in [3.8, 4) is 0 Å². The molecule has 0 fully saturated rings. The molecular formula is C14H14N2O4. The van der Waals surface area contributed by atoms with Crippen molar-refractivity contribution in [2.24, 2.45) is 7.05 Å². The van der Waals surface area contributed by atoms with E-state index >= 15 is 0 Å². The summed E-state index contributed by atoms with van der Waals surface area (Å²) >= 11 is 0. The Morgan fingerprint density at radius 1 is 1.45 bits per heavy atom. The Morgan fingerprint density at radius 2 is 2.15 bits per heavy atom. The first-order chi connectivity index (χ1) is 9.54. The molecule has 0 amide bonds. The van der Waals surface area contributed by atoms with E-state index in [1.165, 1.54) is 6.08 Å². The number of fused-ring (bicyclic) bond motifs is 1. The molecular weight excluding hydrogens is 260 g/mol. The molecule has 0 N–H and O–H groups in total. The minimum Gasteiger partial charge on any atom is -0.458 e. The van der Waals surface area contributed by atoms with Gasteiger partial charge in [0.1, 0.15) is 0 Å². The third-order valence-electron chi connectivity index (χ3n) is 2.90. The number of rotatable bonds is 4. The SMILES string of the molecule is CCOC(=O)C(=Cc1cn(C)c2ccccc12)[N+](=O)[O-]. The number of ether oxygens (including phenoxy) is 1. The number of aryl methyl sites for hydroxylation is 1. The first-order valence-corrected chi connectivity index (χ1v) is 6.12. The molecule has 0 aliphatic heterocycles. The zero-order valence-corrected chi connectivity index (χ0v) is 11.2. The molecule has 0 spiro atoms. The Bertz CT molecular complexity index is 700. The van der Waals surface area contributed by atoms with Crippen LogP contribution < -0.4 is 0 Å². The van der Waals surface area contributed by atoms with Crippen LogP contribution in [0.15, 0.2) is 36.2 Å². The molecule has 2 rings (SSSR count). The lowest BCUT2D eigenvalue weighted by Crippen LogP contribution is -2.14. The smallest absolute Gasteiger partial charge is 0.409 e. The highest BCUT2D eigenvalue weighted by molar-refractivity contribution is 5.96. The van der Waals surface area contributed by atoms with Crippen molar-refractivity contribution < 1.29 is 14.5 Å². The quantitative estimate of drug-likeness (QED) is 0.371. The van der Waals surface area contributed by atoms with Crippen molar-refractivity contribution in [2.45, 2.75) is 6.92 Å². The summed E-state index contributed by atoms with van der Waals surface area (Å²) in [7, 11) is 1.84. The molecule has 2 aromatic rings. The van der Waals surface area contributed by atoms with E-state index in [-0.39, 0.29) is 6.61 Å². The van der Waals surface area contributed by atoms with Gasteiger partial charge in [0.2, 0.25) is 0 Å². The normalized spacial score (nSPS) is 11.6. The van der Waals surface area contributed by atoms with Crippen LogP contribution in [0, 0.1) is 10.1 Å². The Balaban J connectivity index is 2.54. The molecule has 0 saturated carbocycles. The van der Waals surface area contributed by atoms with E-state index < -0.39 is 16.6 Å². The Morgan fingerprint density at radius 3 is 2.80 bits per heavy atom. The van der Waals surface area contributed by atoms with Gasteiger partial charge in [0.15, 0.2) is 0 Å². The van der Waals surface area contributed by atoms with Crippen LogP contribution in [0.1, 0.15) is 12.5 Å². The predicted octanol–water partition coefficient (Wildman–Crippen LogP) is 2.36. The maximum atomic E-state index is 11.6. The fourth-order valence-electron chi connectivity index (χ4n) is 2.03. The van der Waals surface area contributed by atoms with E-state index in [1.54, 1.807) is 13.1 Å². The summed E-state index contributed by atoms with van der Waals surface area (Å²) in [5, 5.41) is 11.8. The maximum Gasteiger partial charge on any atom is 0.409 e. The summed E-state index contributed by atoms with van der Waals surface area (Å²) in [5.41, 5.74) is 0.983. The molecule has 0 aliphatic rings. The number of hydrogen-bond donors (Lipinski definition) is 0. The molecule has 104 valence electrons. The van der Waals surface area contributed by atoms with Gasteiger partial charge in [0, 0.05) is 35.8 Å². The number of aromatic nitrogens is 1. The van der Waals surface area contributed by atoms with Gasteiger partial charge in [-0.25, -0.2) is 4.79 Å². The van der Waals surface area contributed by atoms with E-state index in [0.717, 1.165) is 10.9 Å². The second-order valence-electron chi connectivity index (χ2n) is 4.22. The molecule has 20 heavy (non-hydrogen) atoms. The highest BCUT2D eigenvalue weighted by atomic mass is 16.6. The third-order valence-corrected chi connectivity index (χ3v) is 2.90. The van der Waals surface area contributed by atoms with Gasteiger partial charge in [-0.3, -0.25) is 10.1 Å². The van der Waals surface area contributed by atoms with Gasteiger partial charge in [-0.05, 0) is 13.0 Å². The lowest BCUT2D eigenvalue weighted by Gasteiger charge is -1.98. The summed E-state index contributed by atoms with van der Waals surface area (Å²) in [6.07, 6.45) is 2.99. The number of carbonyl (C=O) groups excluding carboxylic acids is 1. The van der Waals surface area contributed by atoms with Crippen molar-refractivity contribution in [1.82, 2.24) is 4.57 Å².